The summed E-state index contributed by atoms with van der Waals surface area (Å²) in [6.07, 6.45) is 2.56. The van der Waals surface area contributed by atoms with E-state index in [2.05, 4.69) is 10.5 Å². The third-order valence-electron chi connectivity index (χ3n) is 4.15. The molecule has 132 valence electrons. The van der Waals surface area contributed by atoms with Gasteiger partial charge in [0.05, 0.1) is 4.90 Å². The molecule has 2 rings (SSSR count). The van der Waals surface area contributed by atoms with Gasteiger partial charge in [0.15, 0.2) is 0 Å². The first-order valence-electron chi connectivity index (χ1n) is 8.33. The third-order valence-corrected chi connectivity index (χ3v) is 6.06. The van der Waals surface area contributed by atoms with Crippen molar-refractivity contribution in [1.82, 2.24) is 9.73 Å². The Balaban J connectivity index is 2.10. The molecule has 1 aromatic carbocycles. The molecule has 1 heterocycles. The summed E-state index contributed by atoms with van der Waals surface area (Å²) in [5.41, 5.74) is 3.83. The van der Waals surface area contributed by atoms with Gasteiger partial charge >= 0.3 is 0 Å². The molecule has 0 spiro atoms. The highest BCUT2D eigenvalue weighted by Gasteiger charge is 2.27. The van der Waals surface area contributed by atoms with Crippen LogP contribution >= 0.6 is 0 Å². The minimum atomic E-state index is -3.45. The van der Waals surface area contributed by atoms with Crippen LogP contribution < -0.4 is 5.43 Å². The van der Waals surface area contributed by atoms with Gasteiger partial charge in [0.1, 0.15) is 0 Å². The molecule has 6 nitrogen and oxygen atoms in total. The van der Waals surface area contributed by atoms with Gasteiger partial charge in [-0.2, -0.15) is 9.41 Å². The highest BCUT2D eigenvalue weighted by Crippen LogP contribution is 2.21. The highest BCUT2D eigenvalue weighted by molar-refractivity contribution is 7.89. The quantitative estimate of drug-likeness (QED) is 0.632. The second-order valence-electron chi connectivity index (χ2n) is 6.19. The summed E-state index contributed by atoms with van der Waals surface area (Å²) in [6, 6.07) is 6.01. The Kier molecular flexibility index (Phi) is 6.12. The van der Waals surface area contributed by atoms with Gasteiger partial charge in [-0.1, -0.05) is 20.8 Å². The van der Waals surface area contributed by atoms with Crippen molar-refractivity contribution < 1.29 is 13.2 Å². The van der Waals surface area contributed by atoms with Crippen molar-refractivity contribution >= 4 is 21.6 Å². The summed E-state index contributed by atoms with van der Waals surface area (Å²) in [5.74, 6) is -0.0741. The Morgan fingerprint density at radius 3 is 2.29 bits per heavy atom. The molecule has 7 heteroatoms. The van der Waals surface area contributed by atoms with E-state index in [9.17, 15) is 13.2 Å². The van der Waals surface area contributed by atoms with Crippen LogP contribution in [0.15, 0.2) is 34.3 Å². The molecule has 0 unspecified atom stereocenters. The maximum Gasteiger partial charge on any atom is 0.271 e. The predicted molar refractivity (Wildman–Crippen MR) is 94.5 cm³/mol. The first-order chi connectivity index (χ1) is 11.4. The van der Waals surface area contributed by atoms with Crippen molar-refractivity contribution in [3.8, 4) is 0 Å². The molecule has 0 saturated carbocycles. The average molecular weight is 351 g/mol. The maximum absolute atomic E-state index is 12.4. The van der Waals surface area contributed by atoms with Gasteiger partial charge in [0, 0.05) is 24.4 Å². The van der Waals surface area contributed by atoms with E-state index in [0.717, 1.165) is 25.0 Å². The van der Waals surface area contributed by atoms with E-state index >= 15 is 0 Å². The van der Waals surface area contributed by atoms with Crippen molar-refractivity contribution in [2.45, 2.75) is 44.9 Å². The van der Waals surface area contributed by atoms with Gasteiger partial charge in [-0.05, 0) is 49.4 Å². The summed E-state index contributed by atoms with van der Waals surface area (Å²) in [4.78, 5) is 12.3. The molecule has 0 atom stereocenters. The number of hydrogen-bond donors (Lipinski definition) is 1. The standard InChI is InChI=1S/C17H25N3O3S/c1-4-16(13(2)3)18-19-17(21)14-7-9-15(10-8-14)24(22,23)20-11-5-6-12-20/h7-10,13H,4-6,11-12H2,1-3H3,(H,19,21)/b18-16-. The van der Waals surface area contributed by atoms with E-state index in [1.54, 1.807) is 0 Å². The number of hydrogen-bond acceptors (Lipinski definition) is 4. The van der Waals surface area contributed by atoms with Gasteiger partial charge < -0.3 is 0 Å². The van der Waals surface area contributed by atoms with Gasteiger partial charge in [-0.25, -0.2) is 13.8 Å². The van der Waals surface area contributed by atoms with E-state index in [0.29, 0.717) is 18.7 Å². The number of benzene rings is 1. The number of carbonyl (C=O) groups excluding carboxylic acids is 1. The number of nitrogens with zero attached hydrogens (tertiary/aromatic N) is 2. The topological polar surface area (TPSA) is 78.8 Å². The molecular formula is C17H25N3O3S. The molecule has 1 fully saturated rings. The fraction of sp³-hybridized carbons (Fsp3) is 0.529. The van der Waals surface area contributed by atoms with E-state index in [-0.39, 0.29) is 16.7 Å². The lowest BCUT2D eigenvalue weighted by Gasteiger charge is -2.15. The zero-order valence-electron chi connectivity index (χ0n) is 14.4. The molecule has 0 bridgehead atoms. The summed E-state index contributed by atoms with van der Waals surface area (Å²) < 4.78 is 26.4. The minimum Gasteiger partial charge on any atom is -0.267 e. The Morgan fingerprint density at radius 1 is 1.21 bits per heavy atom. The van der Waals surface area contributed by atoms with Crippen LogP contribution in [0.25, 0.3) is 0 Å². The van der Waals surface area contributed by atoms with E-state index in [4.69, 9.17) is 0 Å². The molecule has 0 aromatic heterocycles. The summed E-state index contributed by atoms with van der Waals surface area (Å²) in [6.45, 7) is 7.16. The lowest BCUT2D eigenvalue weighted by molar-refractivity contribution is 0.0954. The van der Waals surface area contributed by atoms with Crippen LogP contribution in [0.2, 0.25) is 0 Å². The molecular weight excluding hydrogens is 326 g/mol. The van der Waals surface area contributed by atoms with Crippen molar-refractivity contribution in [2.75, 3.05) is 13.1 Å². The number of amides is 1. The van der Waals surface area contributed by atoms with Crippen LogP contribution in [0.3, 0.4) is 0 Å². The average Bonchev–Trinajstić information content (AvgIpc) is 3.10. The largest absolute Gasteiger partial charge is 0.271 e. The van der Waals surface area contributed by atoms with Crippen molar-refractivity contribution in [3.05, 3.63) is 29.8 Å². The van der Waals surface area contributed by atoms with Crippen molar-refractivity contribution in [3.63, 3.8) is 0 Å². The van der Waals surface area contributed by atoms with Gasteiger partial charge in [0.25, 0.3) is 5.91 Å². The summed E-state index contributed by atoms with van der Waals surface area (Å²) in [5, 5.41) is 4.14. The smallest absolute Gasteiger partial charge is 0.267 e. The van der Waals surface area contributed by atoms with Gasteiger partial charge in [0.2, 0.25) is 10.0 Å². The van der Waals surface area contributed by atoms with Crippen LogP contribution in [-0.4, -0.2) is 37.4 Å². The molecule has 1 N–H and O–H groups in total. The summed E-state index contributed by atoms with van der Waals surface area (Å²) in [7, 11) is -3.45. The third kappa shape index (κ3) is 4.21. The molecule has 1 aliphatic rings. The minimum absolute atomic E-state index is 0.223. The number of nitrogens with one attached hydrogen (secondary N) is 1. The van der Waals surface area contributed by atoms with E-state index in [1.807, 2.05) is 20.8 Å². The van der Waals surface area contributed by atoms with Crippen LogP contribution in [0.5, 0.6) is 0 Å². The Bertz CT molecular complexity index is 703. The molecule has 1 saturated heterocycles. The lowest BCUT2D eigenvalue weighted by atomic mass is 10.1. The maximum atomic E-state index is 12.4. The van der Waals surface area contributed by atoms with Gasteiger partial charge in [-0.15, -0.1) is 0 Å². The zero-order chi connectivity index (χ0) is 17.7. The van der Waals surface area contributed by atoms with Crippen molar-refractivity contribution in [2.24, 2.45) is 11.0 Å². The van der Waals surface area contributed by atoms with E-state index < -0.39 is 10.0 Å². The molecule has 24 heavy (non-hydrogen) atoms. The SMILES string of the molecule is CC/C(=N/NC(=O)c1ccc(S(=O)(=O)N2CCCC2)cc1)C(C)C. The Hall–Kier alpha value is -1.73. The monoisotopic (exact) mass is 351 g/mol. The first kappa shape index (κ1) is 18.6. The second-order valence-corrected chi connectivity index (χ2v) is 8.13. The molecule has 1 aliphatic heterocycles. The molecule has 0 aliphatic carbocycles. The molecule has 0 radical (unpaired) electrons. The zero-order valence-corrected chi connectivity index (χ0v) is 15.3. The number of sulfonamides is 1. The number of hydrazone groups is 1. The normalized spacial score (nSPS) is 16.6. The number of rotatable bonds is 6. The second kappa shape index (κ2) is 7.90. The highest BCUT2D eigenvalue weighted by atomic mass is 32.2. The Morgan fingerprint density at radius 2 is 1.79 bits per heavy atom. The molecule has 1 amide bonds. The fourth-order valence-electron chi connectivity index (χ4n) is 2.66. The van der Waals surface area contributed by atoms with Crippen LogP contribution in [-0.2, 0) is 10.0 Å². The fourth-order valence-corrected chi connectivity index (χ4v) is 4.18. The Labute approximate surface area is 144 Å². The van der Waals surface area contributed by atoms with Crippen LogP contribution in [0, 0.1) is 5.92 Å². The van der Waals surface area contributed by atoms with Crippen LogP contribution in [0.4, 0.5) is 0 Å². The van der Waals surface area contributed by atoms with Gasteiger partial charge in [-0.3, -0.25) is 4.79 Å². The molecule has 1 aromatic rings. The summed E-state index contributed by atoms with van der Waals surface area (Å²) >= 11 is 0. The lowest BCUT2D eigenvalue weighted by Crippen LogP contribution is -2.28. The first-order valence-corrected chi connectivity index (χ1v) is 9.77. The van der Waals surface area contributed by atoms with E-state index in [1.165, 1.54) is 28.6 Å². The van der Waals surface area contributed by atoms with Crippen molar-refractivity contribution in [1.29, 1.82) is 0 Å². The predicted octanol–water partition coefficient (Wildman–Crippen LogP) is 2.62. The van der Waals surface area contributed by atoms with Crippen LogP contribution in [0.1, 0.15) is 50.4 Å². The number of carbonyl (C=O) groups is 1.